The number of aliphatic hydroxyl groups is 1. The molecule has 1 aromatic carbocycles. The lowest BCUT2D eigenvalue weighted by Gasteiger charge is -2.34. The molecular formula is C29H34N6O2S. The number of amides is 1. The van der Waals surface area contributed by atoms with Crippen LogP contribution in [0.1, 0.15) is 53.1 Å². The lowest BCUT2D eigenvalue weighted by molar-refractivity contribution is 0.100. The smallest absolute Gasteiger partial charge is 0.260 e. The molecule has 198 valence electrons. The Hall–Kier alpha value is -3.53. The summed E-state index contributed by atoms with van der Waals surface area (Å²) in [5.74, 6) is 0.415. The monoisotopic (exact) mass is 530 g/mol. The maximum atomic E-state index is 11.8. The number of nitrogens with zero attached hydrogens (tertiary/aromatic N) is 3. The standard InChI is InChI=1S/C29H34N6O2S/c1-2-4-20-15-24(34-29-25(20)26(30)27(38-29)28(31)37)35-13-10-22(11-14-35)33-17-23(36)19-8-6-18(7-9-19)21-5-3-12-32-16-21/h3,5-9,12,15-16,22-23,33,36H,2,4,10-11,13-14,17,30H2,1H3,(H2,31,37). The second-order valence-electron chi connectivity index (χ2n) is 9.83. The van der Waals surface area contributed by atoms with Crippen molar-refractivity contribution in [2.75, 3.05) is 30.3 Å². The summed E-state index contributed by atoms with van der Waals surface area (Å²) in [5, 5.41) is 15.2. The summed E-state index contributed by atoms with van der Waals surface area (Å²) in [6, 6.07) is 14.4. The summed E-state index contributed by atoms with van der Waals surface area (Å²) in [4.78, 5) is 24.3. The van der Waals surface area contributed by atoms with Crippen molar-refractivity contribution in [3.63, 3.8) is 0 Å². The molecule has 8 nitrogen and oxygen atoms in total. The number of nitrogens with two attached hydrogens (primary N) is 2. The summed E-state index contributed by atoms with van der Waals surface area (Å²) in [5.41, 5.74) is 16.4. The Labute approximate surface area is 226 Å². The molecular weight excluding hydrogens is 496 g/mol. The zero-order valence-electron chi connectivity index (χ0n) is 21.6. The molecule has 1 amide bonds. The number of hydrogen-bond acceptors (Lipinski definition) is 8. The average molecular weight is 531 g/mol. The molecule has 0 bridgehead atoms. The van der Waals surface area contributed by atoms with Crippen molar-refractivity contribution in [1.29, 1.82) is 0 Å². The van der Waals surface area contributed by atoms with Gasteiger partial charge in [0.05, 0.1) is 11.8 Å². The second kappa shape index (κ2) is 11.5. The second-order valence-corrected chi connectivity index (χ2v) is 10.8. The Balaban J connectivity index is 1.19. The highest BCUT2D eigenvalue weighted by molar-refractivity contribution is 7.21. The molecule has 0 saturated carbocycles. The number of rotatable bonds is 9. The van der Waals surface area contributed by atoms with Gasteiger partial charge in [-0.15, -0.1) is 11.3 Å². The molecule has 38 heavy (non-hydrogen) atoms. The maximum Gasteiger partial charge on any atom is 0.260 e. The number of pyridine rings is 2. The molecule has 4 aromatic rings. The largest absolute Gasteiger partial charge is 0.397 e. The molecule has 1 aliphatic heterocycles. The molecule has 3 aromatic heterocycles. The van der Waals surface area contributed by atoms with E-state index in [1.807, 2.05) is 42.6 Å². The van der Waals surface area contributed by atoms with Crippen molar-refractivity contribution in [1.82, 2.24) is 15.3 Å². The van der Waals surface area contributed by atoms with Crippen LogP contribution in [0.4, 0.5) is 11.5 Å². The first kappa shape index (κ1) is 26.1. The van der Waals surface area contributed by atoms with E-state index in [1.54, 1.807) is 6.20 Å². The minimum Gasteiger partial charge on any atom is -0.397 e. The highest BCUT2D eigenvalue weighted by atomic mass is 32.1. The van der Waals surface area contributed by atoms with E-state index >= 15 is 0 Å². The lowest BCUT2D eigenvalue weighted by atomic mass is 10.0. The quantitative estimate of drug-likeness (QED) is 0.254. The number of benzene rings is 1. The van der Waals surface area contributed by atoms with Gasteiger partial charge in [-0.25, -0.2) is 4.98 Å². The Kier molecular flexibility index (Phi) is 7.87. The fraction of sp³-hybridized carbons (Fsp3) is 0.345. The molecule has 1 atom stereocenters. The fourth-order valence-electron chi connectivity index (χ4n) is 5.14. The number of fused-ring (bicyclic) bond motifs is 1. The summed E-state index contributed by atoms with van der Waals surface area (Å²) in [7, 11) is 0. The van der Waals surface area contributed by atoms with Crippen molar-refractivity contribution in [3.8, 4) is 11.1 Å². The first-order valence-corrected chi connectivity index (χ1v) is 13.9. The van der Waals surface area contributed by atoms with Crippen LogP contribution in [0.15, 0.2) is 54.9 Å². The number of aliphatic hydroxyl groups excluding tert-OH is 1. The molecule has 1 unspecified atom stereocenters. The van der Waals surface area contributed by atoms with Crippen LogP contribution in [0.25, 0.3) is 21.3 Å². The van der Waals surface area contributed by atoms with Crippen LogP contribution in [0.3, 0.4) is 0 Å². The van der Waals surface area contributed by atoms with Gasteiger partial charge < -0.3 is 26.8 Å². The van der Waals surface area contributed by atoms with Gasteiger partial charge in [-0.1, -0.05) is 43.7 Å². The Morgan fingerprint density at radius 2 is 1.97 bits per heavy atom. The number of piperidine rings is 1. The van der Waals surface area contributed by atoms with E-state index in [4.69, 9.17) is 16.5 Å². The van der Waals surface area contributed by atoms with Gasteiger partial charge >= 0.3 is 0 Å². The summed E-state index contributed by atoms with van der Waals surface area (Å²) >= 11 is 1.28. The molecule has 1 aliphatic rings. The molecule has 9 heteroatoms. The predicted molar refractivity (Wildman–Crippen MR) is 154 cm³/mol. The van der Waals surface area contributed by atoms with Crippen LogP contribution in [0.5, 0.6) is 0 Å². The number of aromatic nitrogens is 2. The SMILES string of the molecule is CCCc1cc(N2CCC(NCC(O)c3ccc(-c4cccnc4)cc3)CC2)nc2sc(C(N)=O)c(N)c12. The fourth-order valence-corrected chi connectivity index (χ4v) is 6.12. The number of carbonyl (C=O) groups excluding carboxylic acids is 1. The number of anilines is 2. The first-order chi connectivity index (χ1) is 18.4. The molecule has 5 rings (SSSR count). The number of nitrogen functional groups attached to an aromatic ring is 1. The van der Waals surface area contributed by atoms with Crippen molar-refractivity contribution < 1.29 is 9.90 Å². The minimum atomic E-state index is -0.569. The molecule has 0 aliphatic carbocycles. The minimum absolute atomic E-state index is 0.327. The lowest BCUT2D eigenvalue weighted by Crippen LogP contribution is -2.44. The van der Waals surface area contributed by atoms with E-state index in [9.17, 15) is 9.90 Å². The van der Waals surface area contributed by atoms with Gasteiger partial charge in [0.1, 0.15) is 15.5 Å². The van der Waals surface area contributed by atoms with E-state index in [1.165, 1.54) is 11.3 Å². The zero-order valence-corrected chi connectivity index (χ0v) is 22.4. The average Bonchev–Trinajstić information content (AvgIpc) is 3.29. The van der Waals surface area contributed by atoms with Crippen molar-refractivity contribution in [2.45, 2.75) is 44.8 Å². The number of hydrogen-bond donors (Lipinski definition) is 4. The van der Waals surface area contributed by atoms with Gasteiger partial charge in [0.15, 0.2) is 0 Å². The molecule has 4 heterocycles. The maximum absolute atomic E-state index is 11.8. The number of carbonyl (C=O) groups is 1. The Morgan fingerprint density at radius 1 is 1.21 bits per heavy atom. The molecule has 0 radical (unpaired) electrons. The van der Waals surface area contributed by atoms with Crippen molar-refractivity contribution >= 4 is 39.0 Å². The highest BCUT2D eigenvalue weighted by Gasteiger charge is 2.24. The van der Waals surface area contributed by atoms with E-state index in [0.29, 0.717) is 23.2 Å². The summed E-state index contributed by atoms with van der Waals surface area (Å²) in [6.07, 6.45) is 6.78. The topological polar surface area (TPSA) is 130 Å². The van der Waals surface area contributed by atoms with E-state index in [0.717, 1.165) is 77.1 Å². The highest BCUT2D eigenvalue weighted by Crippen LogP contribution is 2.37. The third-order valence-corrected chi connectivity index (χ3v) is 8.33. The third-order valence-electron chi connectivity index (χ3n) is 7.22. The third kappa shape index (κ3) is 5.50. The predicted octanol–water partition coefficient (Wildman–Crippen LogP) is 4.28. The Morgan fingerprint density at radius 3 is 2.63 bits per heavy atom. The van der Waals surface area contributed by atoms with E-state index < -0.39 is 12.0 Å². The van der Waals surface area contributed by atoms with E-state index in [-0.39, 0.29) is 0 Å². The summed E-state index contributed by atoms with van der Waals surface area (Å²) < 4.78 is 0. The van der Waals surface area contributed by atoms with Crippen LogP contribution >= 0.6 is 11.3 Å². The number of nitrogens with one attached hydrogen (secondary N) is 1. The first-order valence-electron chi connectivity index (χ1n) is 13.1. The van der Waals surface area contributed by atoms with Gasteiger partial charge in [0.25, 0.3) is 5.91 Å². The van der Waals surface area contributed by atoms with E-state index in [2.05, 4.69) is 28.2 Å². The number of primary amides is 1. The Bertz CT molecular complexity index is 1400. The van der Waals surface area contributed by atoms with Crippen LogP contribution in [0, 0.1) is 0 Å². The normalized spacial score (nSPS) is 15.2. The van der Waals surface area contributed by atoms with Crippen LogP contribution in [0.2, 0.25) is 0 Å². The van der Waals surface area contributed by atoms with Gasteiger partial charge in [-0.2, -0.15) is 0 Å². The van der Waals surface area contributed by atoms with Crippen molar-refractivity contribution in [3.05, 3.63) is 70.9 Å². The van der Waals surface area contributed by atoms with Crippen LogP contribution in [-0.4, -0.2) is 46.7 Å². The van der Waals surface area contributed by atoms with Gasteiger partial charge in [-0.3, -0.25) is 9.78 Å². The number of aryl methyl sites for hydroxylation is 1. The molecule has 1 saturated heterocycles. The zero-order chi connectivity index (χ0) is 26.6. The van der Waals surface area contributed by atoms with Crippen LogP contribution < -0.4 is 21.7 Å². The molecule has 1 fully saturated rings. The van der Waals surface area contributed by atoms with Gasteiger partial charge in [0, 0.05) is 43.5 Å². The van der Waals surface area contributed by atoms with Crippen molar-refractivity contribution in [2.24, 2.45) is 5.73 Å². The van der Waals surface area contributed by atoms with Gasteiger partial charge in [0.2, 0.25) is 0 Å². The van der Waals surface area contributed by atoms with Crippen LogP contribution in [-0.2, 0) is 6.42 Å². The summed E-state index contributed by atoms with van der Waals surface area (Å²) in [6.45, 7) is 4.36. The number of thiophene rings is 1. The molecule has 0 spiro atoms. The molecule has 6 N–H and O–H groups in total. The van der Waals surface area contributed by atoms with Gasteiger partial charge in [-0.05, 0) is 53.6 Å².